The first-order chi connectivity index (χ1) is 13.8. The van der Waals surface area contributed by atoms with Gasteiger partial charge in [-0.1, -0.05) is 23.8 Å². The number of benzene rings is 1. The van der Waals surface area contributed by atoms with E-state index in [0.717, 1.165) is 11.1 Å². The molecule has 2 aromatic rings. The van der Waals surface area contributed by atoms with Crippen molar-refractivity contribution in [1.82, 2.24) is 19.8 Å². The molecule has 1 saturated heterocycles. The van der Waals surface area contributed by atoms with Crippen molar-refractivity contribution in [3.63, 3.8) is 0 Å². The van der Waals surface area contributed by atoms with Gasteiger partial charge in [0.2, 0.25) is 5.91 Å². The molecule has 3 rings (SSSR count). The van der Waals surface area contributed by atoms with Crippen LogP contribution in [0.2, 0.25) is 0 Å². The van der Waals surface area contributed by atoms with Crippen molar-refractivity contribution in [3.8, 4) is 11.4 Å². The maximum atomic E-state index is 13.2. The molecule has 1 aromatic carbocycles. The summed E-state index contributed by atoms with van der Waals surface area (Å²) in [5.41, 5.74) is 2.56. The highest BCUT2D eigenvalue weighted by Gasteiger charge is 2.27. The number of hydrogen-bond donors (Lipinski definition) is 0. The smallest absolute Gasteiger partial charge is 0.259 e. The zero-order valence-corrected chi connectivity index (χ0v) is 17.8. The monoisotopic (exact) mass is 395 g/mol. The molecule has 0 unspecified atom stereocenters. The number of carbonyl (C=O) groups is 2. The van der Waals surface area contributed by atoms with Crippen LogP contribution in [0.25, 0.3) is 11.4 Å². The first-order valence-corrected chi connectivity index (χ1v) is 9.99. The molecule has 1 aromatic heterocycles. The molecule has 2 amide bonds. The van der Waals surface area contributed by atoms with Crippen LogP contribution in [0.15, 0.2) is 30.5 Å². The van der Waals surface area contributed by atoms with Crippen molar-refractivity contribution in [2.24, 2.45) is 0 Å². The molecule has 7 heteroatoms. The fourth-order valence-corrected chi connectivity index (χ4v) is 3.36. The predicted octanol–water partition coefficient (Wildman–Crippen LogP) is 2.60. The molecule has 0 atom stereocenters. The average Bonchev–Trinajstić information content (AvgIpc) is 2.72. The summed E-state index contributed by atoms with van der Waals surface area (Å²) in [6, 6.07) is 8.20. The molecule has 1 fully saturated rings. The third-order valence-corrected chi connectivity index (χ3v) is 5.40. The molecule has 1 aliphatic rings. The van der Waals surface area contributed by atoms with Gasteiger partial charge < -0.3 is 14.7 Å². The van der Waals surface area contributed by atoms with Crippen molar-refractivity contribution >= 4 is 17.6 Å². The number of aryl methyl sites for hydroxylation is 1. The Bertz CT molecular complexity index is 904. The summed E-state index contributed by atoms with van der Waals surface area (Å²) < 4.78 is 0. The Labute approximate surface area is 172 Å². The van der Waals surface area contributed by atoms with Crippen molar-refractivity contribution in [2.45, 2.75) is 33.7 Å². The minimum atomic E-state index is -0.0912. The largest absolute Gasteiger partial charge is 0.356 e. The third kappa shape index (κ3) is 4.55. The molecule has 2 heterocycles. The van der Waals surface area contributed by atoms with Gasteiger partial charge in [0.05, 0.1) is 0 Å². The maximum Gasteiger partial charge on any atom is 0.259 e. The summed E-state index contributed by atoms with van der Waals surface area (Å²) in [6.45, 7) is 9.86. The topological polar surface area (TPSA) is 69.6 Å². The average molecular weight is 396 g/mol. The van der Waals surface area contributed by atoms with E-state index < -0.39 is 0 Å². The summed E-state index contributed by atoms with van der Waals surface area (Å²) in [7, 11) is 1.94. The molecule has 0 aliphatic carbocycles. The van der Waals surface area contributed by atoms with E-state index in [1.165, 1.54) is 0 Å². The van der Waals surface area contributed by atoms with Gasteiger partial charge in [-0.2, -0.15) is 0 Å². The van der Waals surface area contributed by atoms with E-state index >= 15 is 0 Å². The van der Waals surface area contributed by atoms with Gasteiger partial charge in [-0.25, -0.2) is 9.97 Å². The first kappa shape index (κ1) is 20.8. The van der Waals surface area contributed by atoms with E-state index in [1.54, 1.807) is 22.9 Å². The standard InChI is InChI=1S/C22H29N5O2/c1-15(2)25(5)21-19(22(29)27-11-9-26(10-12-27)17(4)28)14-23-20(24-21)18-8-6-7-16(3)13-18/h6-8,13-15H,9-12H2,1-5H3. The van der Waals surface area contributed by atoms with Crippen LogP contribution in [-0.2, 0) is 4.79 Å². The molecule has 29 heavy (non-hydrogen) atoms. The van der Waals surface area contributed by atoms with Crippen molar-refractivity contribution in [1.29, 1.82) is 0 Å². The number of piperazine rings is 1. The van der Waals surface area contributed by atoms with Crippen LogP contribution in [0.4, 0.5) is 5.82 Å². The summed E-state index contributed by atoms with van der Waals surface area (Å²) >= 11 is 0. The summed E-state index contributed by atoms with van der Waals surface area (Å²) in [5, 5.41) is 0. The van der Waals surface area contributed by atoms with Gasteiger partial charge in [-0.15, -0.1) is 0 Å². The Hall–Kier alpha value is -2.96. The Morgan fingerprint density at radius 3 is 2.34 bits per heavy atom. The Kier molecular flexibility index (Phi) is 6.15. The molecule has 1 aliphatic heterocycles. The highest BCUT2D eigenvalue weighted by molar-refractivity contribution is 5.99. The van der Waals surface area contributed by atoms with E-state index in [-0.39, 0.29) is 17.9 Å². The lowest BCUT2D eigenvalue weighted by Crippen LogP contribution is -2.50. The lowest BCUT2D eigenvalue weighted by molar-refractivity contribution is -0.130. The van der Waals surface area contributed by atoms with E-state index in [9.17, 15) is 9.59 Å². The Morgan fingerprint density at radius 1 is 1.10 bits per heavy atom. The zero-order valence-electron chi connectivity index (χ0n) is 17.8. The molecule has 0 saturated carbocycles. The van der Waals surface area contributed by atoms with Crippen molar-refractivity contribution < 1.29 is 9.59 Å². The zero-order chi connectivity index (χ0) is 21.1. The van der Waals surface area contributed by atoms with E-state index in [4.69, 9.17) is 4.98 Å². The molecule has 0 N–H and O–H groups in total. The second kappa shape index (κ2) is 8.59. The minimum Gasteiger partial charge on any atom is -0.356 e. The van der Waals surface area contributed by atoms with Gasteiger partial charge in [0, 0.05) is 58.0 Å². The number of hydrogen-bond acceptors (Lipinski definition) is 5. The second-order valence-electron chi connectivity index (χ2n) is 7.80. The SMILES string of the molecule is CC(=O)N1CCN(C(=O)c2cnc(-c3cccc(C)c3)nc2N(C)C(C)C)CC1. The van der Waals surface area contributed by atoms with Gasteiger partial charge in [-0.3, -0.25) is 9.59 Å². The van der Waals surface area contributed by atoms with Gasteiger partial charge in [0.15, 0.2) is 5.82 Å². The highest BCUT2D eigenvalue weighted by atomic mass is 16.2. The first-order valence-electron chi connectivity index (χ1n) is 9.99. The Morgan fingerprint density at radius 2 is 1.76 bits per heavy atom. The molecule has 0 radical (unpaired) electrons. The molecule has 0 bridgehead atoms. The third-order valence-electron chi connectivity index (χ3n) is 5.40. The lowest BCUT2D eigenvalue weighted by Gasteiger charge is -2.35. The summed E-state index contributed by atoms with van der Waals surface area (Å²) in [6.07, 6.45) is 1.64. The van der Waals surface area contributed by atoms with Gasteiger partial charge in [-0.05, 0) is 26.8 Å². The maximum absolute atomic E-state index is 13.2. The number of carbonyl (C=O) groups excluding carboxylic acids is 2. The van der Waals surface area contributed by atoms with Gasteiger partial charge >= 0.3 is 0 Å². The number of rotatable bonds is 4. The van der Waals surface area contributed by atoms with Crippen molar-refractivity contribution in [3.05, 3.63) is 41.6 Å². The van der Waals surface area contributed by atoms with Crippen LogP contribution in [0.5, 0.6) is 0 Å². The van der Waals surface area contributed by atoms with Crippen molar-refractivity contribution in [2.75, 3.05) is 38.1 Å². The van der Waals surface area contributed by atoms with E-state index in [0.29, 0.717) is 43.4 Å². The van der Waals surface area contributed by atoms with Gasteiger partial charge in [0.25, 0.3) is 5.91 Å². The predicted molar refractivity (Wildman–Crippen MR) is 114 cm³/mol. The Balaban J connectivity index is 1.93. The lowest BCUT2D eigenvalue weighted by atomic mass is 10.1. The van der Waals surface area contributed by atoms with E-state index in [2.05, 4.69) is 18.8 Å². The molecular formula is C22H29N5O2. The number of aromatic nitrogens is 2. The highest BCUT2D eigenvalue weighted by Crippen LogP contribution is 2.25. The fourth-order valence-electron chi connectivity index (χ4n) is 3.36. The van der Waals surface area contributed by atoms with Crippen LogP contribution >= 0.6 is 0 Å². The normalized spacial score (nSPS) is 14.3. The quantitative estimate of drug-likeness (QED) is 0.796. The molecule has 154 valence electrons. The van der Waals surface area contributed by atoms with Crippen LogP contribution in [0, 0.1) is 6.92 Å². The molecular weight excluding hydrogens is 366 g/mol. The number of anilines is 1. The van der Waals surface area contributed by atoms with Crippen LogP contribution in [0.1, 0.15) is 36.7 Å². The van der Waals surface area contributed by atoms with Crippen LogP contribution in [0.3, 0.4) is 0 Å². The summed E-state index contributed by atoms with van der Waals surface area (Å²) in [5.74, 6) is 1.19. The van der Waals surface area contributed by atoms with E-state index in [1.807, 2.05) is 43.1 Å². The van der Waals surface area contributed by atoms with Crippen LogP contribution < -0.4 is 4.90 Å². The minimum absolute atomic E-state index is 0.0446. The number of amides is 2. The number of nitrogens with zero attached hydrogens (tertiary/aromatic N) is 5. The second-order valence-corrected chi connectivity index (χ2v) is 7.80. The molecule has 0 spiro atoms. The summed E-state index contributed by atoms with van der Waals surface area (Å²) in [4.78, 5) is 39.6. The fraction of sp³-hybridized carbons (Fsp3) is 0.455. The van der Waals surface area contributed by atoms with Crippen LogP contribution in [-0.4, -0.2) is 70.9 Å². The van der Waals surface area contributed by atoms with Gasteiger partial charge in [0.1, 0.15) is 11.4 Å². The molecule has 7 nitrogen and oxygen atoms in total.